The molecule has 0 radical (unpaired) electrons. The third-order valence-electron chi connectivity index (χ3n) is 6.60. The summed E-state index contributed by atoms with van der Waals surface area (Å²) in [6.45, 7) is 7.25. The van der Waals surface area contributed by atoms with Crippen molar-refractivity contribution in [2.45, 2.75) is 38.8 Å². The summed E-state index contributed by atoms with van der Waals surface area (Å²) in [6.07, 6.45) is 6.52. The lowest BCUT2D eigenvalue weighted by Gasteiger charge is -2.27. The third kappa shape index (κ3) is 4.70. The van der Waals surface area contributed by atoms with Gasteiger partial charge in [0.2, 0.25) is 0 Å². The van der Waals surface area contributed by atoms with E-state index in [1.54, 1.807) is 6.20 Å². The van der Waals surface area contributed by atoms with Crippen LogP contribution in [0.3, 0.4) is 0 Å². The molecule has 0 aliphatic carbocycles. The van der Waals surface area contributed by atoms with E-state index < -0.39 is 0 Å². The molecule has 2 fully saturated rings. The van der Waals surface area contributed by atoms with E-state index in [-0.39, 0.29) is 11.9 Å². The monoisotopic (exact) mass is 445 g/mol. The molecular weight excluding hydrogens is 414 g/mol. The first-order chi connectivity index (χ1) is 16.2. The lowest BCUT2D eigenvalue weighted by molar-refractivity contribution is 0.0342. The molecule has 1 unspecified atom stereocenters. The number of benzene rings is 1. The van der Waals surface area contributed by atoms with E-state index in [2.05, 4.69) is 28.9 Å². The predicted molar refractivity (Wildman–Crippen MR) is 126 cm³/mol. The summed E-state index contributed by atoms with van der Waals surface area (Å²) in [7, 11) is 0. The average Bonchev–Trinajstić information content (AvgIpc) is 3.55. The molecule has 0 bridgehead atoms. The van der Waals surface area contributed by atoms with Crippen LogP contribution in [0.25, 0.3) is 5.82 Å². The van der Waals surface area contributed by atoms with Crippen molar-refractivity contribution in [3.05, 3.63) is 77.5 Å². The molecule has 4 heterocycles. The lowest BCUT2D eigenvalue weighted by Crippen LogP contribution is -2.35. The van der Waals surface area contributed by atoms with Gasteiger partial charge in [0.25, 0.3) is 5.91 Å². The standard InChI is InChI=1S/C26H31N5O2/c1-2-24-27-12-14-31(24)25-7-3-5-22(28-25)23-6-4-13-30(23)26(32)21-10-8-20(9-11-21)19-29-15-17-33-18-16-29/h3,5,7-12,14,23H,2,4,6,13,15-19H2,1H3. The van der Waals surface area contributed by atoms with E-state index in [9.17, 15) is 4.79 Å². The number of morpholine rings is 1. The maximum absolute atomic E-state index is 13.4. The normalized spacial score (nSPS) is 19.2. The van der Waals surface area contributed by atoms with Gasteiger partial charge in [0.1, 0.15) is 11.6 Å². The second kappa shape index (κ2) is 9.85. The Bertz CT molecular complexity index is 1090. The maximum atomic E-state index is 13.4. The molecule has 172 valence electrons. The van der Waals surface area contributed by atoms with Gasteiger partial charge in [-0.15, -0.1) is 0 Å². The van der Waals surface area contributed by atoms with Crippen LogP contribution < -0.4 is 0 Å². The highest BCUT2D eigenvalue weighted by molar-refractivity contribution is 5.94. The van der Waals surface area contributed by atoms with Crippen molar-refractivity contribution in [1.29, 1.82) is 0 Å². The van der Waals surface area contributed by atoms with Crippen LogP contribution in [0, 0.1) is 0 Å². The summed E-state index contributed by atoms with van der Waals surface area (Å²) < 4.78 is 7.46. The smallest absolute Gasteiger partial charge is 0.254 e. The Morgan fingerprint density at radius 3 is 2.70 bits per heavy atom. The van der Waals surface area contributed by atoms with Gasteiger partial charge in [-0.25, -0.2) is 9.97 Å². The van der Waals surface area contributed by atoms with E-state index >= 15 is 0 Å². The first-order valence-electron chi connectivity index (χ1n) is 11.9. The molecule has 2 aromatic heterocycles. The molecule has 0 saturated carbocycles. The van der Waals surface area contributed by atoms with Crippen LogP contribution in [-0.2, 0) is 17.7 Å². The maximum Gasteiger partial charge on any atom is 0.254 e. The summed E-state index contributed by atoms with van der Waals surface area (Å²) in [5.74, 6) is 1.92. The van der Waals surface area contributed by atoms with Gasteiger partial charge in [-0.05, 0) is 42.7 Å². The third-order valence-corrected chi connectivity index (χ3v) is 6.60. The van der Waals surface area contributed by atoms with Gasteiger partial charge in [0.05, 0.1) is 24.9 Å². The van der Waals surface area contributed by atoms with E-state index in [0.29, 0.717) is 0 Å². The molecule has 2 aliphatic rings. The zero-order valence-electron chi connectivity index (χ0n) is 19.2. The minimum atomic E-state index is -0.000857. The van der Waals surface area contributed by atoms with Crippen LogP contribution in [0.2, 0.25) is 0 Å². The van der Waals surface area contributed by atoms with Gasteiger partial charge in [0, 0.05) is 50.6 Å². The Morgan fingerprint density at radius 2 is 1.91 bits per heavy atom. The number of aromatic nitrogens is 3. The van der Waals surface area contributed by atoms with Gasteiger partial charge in [0.15, 0.2) is 0 Å². The molecule has 1 amide bonds. The van der Waals surface area contributed by atoms with Crippen molar-refractivity contribution in [1.82, 2.24) is 24.3 Å². The Morgan fingerprint density at radius 1 is 1.09 bits per heavy atom. The van der Waals surface area contributed by atoms with Crippen molar-refractivity contribution < 1.29 is 9.53 Å². The summed E-state index contributed by atoms with van der Waals surface area (Å²) in [5, 5.41) is 0. The molecule has 33 heavy (non-hydrogen) atoms. The molecule has 5 rings (SSSR count). The largest absolute Gasteiger partial charge is 0.379 e. The number of amides is 1. The van der Waals surface area contributed by atoms with Gasteiger partial charge >= 0.3 is 0 Å². The zero-order chi connectivity index (χ0) is 22.6. The Hall–Kier alpha value is -3.03. The van der Waals surface area contributed by atoms with Gasteiger partial charge in [-0.3, -0.25) is 14.3 Å². The number of carbonyl (C=O) groups excluding carboxylic acids is 1. The molecule has 3 aromatic rings. The fourth-order valence-corrected chi connectivity index (χ4v) is 4.82. The number of hydrogen-bond acceptors (Lipinski definition) is 5. The topological polar surface area (TPSA) is 63.5 Å². The fourth-order valence-electron chi connectivity index (χ4n) is 4.82. The summed E-state index contributed by atoms with van der Waals surface area (Å²) in [5.41, 5.74) is 2.91. The van der Waals surface area contributed by atoms with Gasteiger partial charge in [-0.2, -0.15) is 0 Å². The highest BCUT2D eigenvalue weighted by atomic mass is 16.5. The molecule has 2 aliphatic heterocycles. The van der Waals surface area contributed by atoms with E-state index in [1.165, 1.54) is 5.56 Å². The van der Waals surface area contributed by atoms with E-state index in [1.807, 2.05) is 46.0 Å². The summed E-state index contributed by atoms with van der Waals surface area (Å²) in [4.78, 5) is 27.1. The molecular formula is C26H31N5O2. The molecule has 1 atom stereocenters. The molecule has 1 aromatic carbocycles. The highest BCUT2D eigenvalue weighted by Gasteiger charge is 2.31. The molecule has 2 saturated heterocycles. The molecule has 0 N–H and O–H groups in total. The number of likely N-dealkylation sites (tertiary alicyclic amines) is 1. The molecule has 0 spiro atoms. The second-order valence-electron chi connectivity index (χ2n) is 8.73. The van der Waals surface area contributed by atoms with Crippen LogP contribution in [0.4, 0.5) is 0 Å². The van der Waals surface area contributed by atoms with E-state index in [4.69, 9.17) is 9.72 Å². The number of imidazole rings is 1. The van der Waals surface area contributed by atoms with Crippen LogP contribution in [0.1, 0.15) is 53.2 Å². The lowest BCUT2D eigenvalue weighted by atomic mass is 10.1. The molecule has 7 nitrogen and oxygen atoms in total. The summed E-state index contributed by atoms with van der Waals surface area (Å²) in [6, 6.07) is 14.2. The van der Waals surface area contributed by atoms with Crippen LogP contribution in [-0.4, -0.2) is 63.1 Å². The van der Waals surface area contributed by atoms with Crippen LogP contribution in [0.15, 0.2) is 54.9 Å². The quantitative estimate of drug-likeness (QED) is 0.580. The van der Waals surface area contributed by atoms with Crippen LogP contribution in [0.5, 0.6) is 0 Å². The number of ether oxygens (including phenoxy) is 1. The zero-order valence-corrected chi connectivity index (χ0v) is 19.2. The van der Waals surface area contributed by atoms with Crippen molar-refractivity contribution in [3.63, 3.8) is 0 Å². The Kier molecular flexibility index (Phi) is 6.51. The minimum Gasteiger partial charge on any atom is -0.379 e. The number of carbonyl (C=O) groups is 1. The first kappa shape index (κ1) is 21.8. The number of aryl methyl sites for hydroxylation is 1. The highest BCUT2D eigenvalue weighted by Crippen LogP contribution is 2.32. The van der Waals surface area contributed by atoms with Crippen molar-refractivity contribution in [3.8, 4) is 5.82 Å². The number of rotatable bonds is 6. The summed E-state index contributed by atoms with van der Waals surface area (Å²) >= 11 is 0. The Labute approximate surface area is 195 Å². The Balaban J connectivity index is 1.31. The fraction of sp³-hybridized carbons (Fsp3) is 0.423. The SMILES string of the molecule is CCc1nccn1-c1cccc(C2CCCN2C(=O)c2ccc(CN3CCOCC3)cc2)n1. The first-order valence-corrected chi connectivity index (χ1v) is 11.9. The number of nitrogens with zero attached hydrogens (tertiary/aromatic N) is 5. The van der Waals surface area contributed by atoms with Crippen molar-refractivity contribution in [2.24, 2.45) is 0 Å². The van der Waals surface area contributed by atoms with Crippen molar-refractivity contribution >= 4 is 5.91 Å². The van der Waals surface area contributed by atoms with Crippen LogP contribution >= 0.6 is 0 Å². The number of hydrogen-bond donors (Lipinski definition) is 0. The van der Waals surface area contributed by atoms with Gasteiger partial charge < -0.3 is 9.64 Å². The average molecular weight is 446 g/mol. The predicted octanol–water partition coefficient (Wildman–Crippen LogP) is 3.64. The van der Waals surface area contributed by atoms with Gasteiger partial charge in [-0.1, -0.05) is 25.1 Å². The van der Waals surface area contributed by atoms with E-state index in [0.717, 1.165) is 81.6 Å². The minimum absolute atomic E-state index is 0.000857. The molecule has 7 heteroatoms. The second-order valence-corrected chi connectivity index (χ2v) is 8.73. The van der Waals surface area contributed by atoms with Crippen molar-refractivity contribution in [2.75, 3.05) is 32.8 Å². The number of pyridine rings is 1.